The second kappa shape index (κ2) is 6.76. The average molecular weight is 350 g/mol. The minimum atomic E-state index is -0.0985. The number of nitrogens with zero attached hydrogens (tertiary/aromatic N) is 2. The maximum Gasteiger partial charge on any atom is 0.297 e. The largest absolute Gasteiger partial charge is 0.448 e. The van der Waals surface area contributed by atoms with Crippen molar-refractivity contribution in [1.29, 1.82) is 0 Å². The van der Waals surface area contributed by atoms with Crippen molar-refractivity contribution in [2.45, 2.75) is 30.8 Å². The summed E-state index contributed by atoms with van der Waals surface area (Å²) in [5, 5.41) is 1.63. The summed E-state index contributed by atoms with van der Waals surface area (Å²) in [6.45, 7) is 2.69. The van der Waals surface area contributed by atoms with E-state index in [9.17, 15) is 4.79 Å². The molecule has 2 heterocycles. The van der Waals surface area contributed by atoms with Crippen molar-refractivity contribution < 1.29 is 4.42 Å². The molecule has 4 nitrogen and oxygen atoms in total. The van der Waals surface area contributed by atoms with Gasteiger partial charge >= 0.3 is 0 Å². The predicted octanol–water partition coefficient (Wildman–Crippen LogP) is 4.85. The van der Waals surface area contributed by atoms with Gasteiger partial charge in [0.1, 0.15) is 11.1 Å². The molecule has 0 radical (unpaired) electrons. The normalized spacial score (nSPS) is 11.4. The molecule has 2 aromatic carbocycles. The highest BCUT2D eigenvalue weighted by Gasteiger charge is 2.17. The van der Waals surface area contributed by atoms with Crippen molar-refractivity contribution in [1.82, 2.24) is 9.55 Å². The Morgan fingerprint density at radius 1 is 1.08 bits per heavy atom. The fourth-order valence-corrected chi connectivity index (χ4v) is 3.88. The molecule has 0 aliphatic rings. The van der Waals surface area contributed by atoms with Gasteiger partial charge in [0.15, 0.2) is 5.16 Å². The van der Waals surface area contributed by atoms with E-state index in [-0.39, 0.29) is 5.56 Å². The maximum atomic E-state index is 12.9. The van der Waals surface area contributed by atoms with Crippen LogP contribution in [-0.4, -0.2) is 9.55 Å². The lowest BCUT2D eigenvalue weighted by molar-refractivity contribution is 0.566. The van der Waals surface area contributed by atoms with Crippen molar-refractivity contribution in [3.8, 4) is 0 Å². The molecule has 0 aliphatic heterocycles. The summed E-state index contributed by atoms with van der Waals surface area (Å²) in [4.78, 5) is 17.7. The molecule has 0 saturated carbocycles. The number of fused-ring (bicyclic) bond motifs is 3. The third kappa shape index (κ3) is 2.96. The smallest absolute Gasteiger partial charge is 0.297 e. The zero-order chi connectivity index (χ0) is 17.2. The van der Waals surface area contributed by atoms with Crippen LogP contribution < -0.4 is 5.56 Å². The van der Waals surface area contributed by atoms with Crippen LogP contribution in [0.5, 0.6) is 0 Å². The number of thioether (sulfide) groups is 1. The molecule has 0 aliphatic carbocycles. The second-order valence-electron chi connectivity index (χ2n) is 5.90. The Balaban J connectivity index is 1.84. The van der Waals surface area contributed by atoms with E-state index in [4.69, 9.17) is 9.40 Å². The van der Waals surface area contributed by atoms with E-state index in [1.807, 2.05) is 42.5 Å². The number of benzene rings is 2. The zero-order valence-corrected chi connectivity index (χ0v) is 14.8. The van der Waals surface area contributed by atoms with Crippen LogP contribution in [-0.2, 0) is 12.3 Å². The van der Waals surface area contributed by atoms with Crippen LogP contribution in [0.3, 0.4) is 0 Å². The highest BCUT2D eigenvalue weighted by Crippen LogP contribution is 2.28. The first-order valence-corrected chi connectivity index (χ1v) is 9.35. The summed E-state index contributed by atoms with van der Waals surface area (Å²) in [5.74, 6) is 0.776. The molecule has 0 bridgehead atoms. The third-order valence-corrected chi connectivity index (χ3v) is 5.15. The van der Waals surface area contributed by atoms with Gasteiger partial charge in [-0.2, -0.15) is 0 Å². The molecular formula is C20H18N2O2S. The van der Waals surface area contributed by atoms with Crippen LogP contribution in [0.2, 0.25) is 0 Å². The van der Waals surface area contributed by atoms with Crippen LogP contribution >= 0.6 is 11.8 Å². The van der Waals surface area contributed by atoms with Crippen LogP contribution in [0.25, 0.3) is 22.1 Å². The molecule has 0 unspecified atom stereocenters. The Labute approximate surface area is 149 Å². The van der Waals surface area contributed by atoms with E-state index >= 15 is 0 Å². The minimum Gasteiger partial charge on any atom is -0.448 e. The lowest BCUT2D eigenvalue weighted by Gasteiger charge is -2.10. The Kier molecular flexibility index (Phi) is 4.32. The lowest BCUT2D eigenvalue weighted by atomic mass is 10.2. The molecule has 0 fully saturated rings. The van der Waals surface area contributed by atoms with Crippen LogP contribution in [0.15, 0.2) is 69.0 Å². The zero-order valence-electron chi connectivity index (χ0n) is 13.9. The topological polar surface area (TPSA) is 48.0 Å². The summed E-state index contributed by atoms with van der Waals surface area (Å²) < 4.78 is 7.52. The minimum absolute atomic E-state index is 0.0985. The van der Waals surface area contributed by atoms with E-state index in [0.29, 0.717) is 23.2 Å². The molecule has 0 N–H and O–H groups in total. The molecule has 2 aromatic heterocycles. The maximum absolute atomic E-state index is 12.9. The second-order valence-corrected chi connectivity index (χ2v) is 6.84. The Hall–Kier alpha value is -2.53. The Bertz CT molecular complexity index is 1080. The first-order valence-electron chi connectivity index (χ1n) is 8.36. The summed E-state index contributed by atoms with van der Waals surface area (Å²) >= 11 is 1.59. The van der Waals surface area contributed by atoms with Gasteiger partial charge in [-0.15, -0.1) is 0 Å². The van der Waals surface area contributed by atoms with Gasteiger partial charge in [-0.05, 0) is 24.1 Å². The first-order chi connectivity index (χ1) is 12.3. The van der Waals surface area contributed by atoms with Crippen LogP contribution in [0.1, 0.15) is 18.9 Å². The number of aromatic nitrogens is 2. The van der Waals surface area contributed by atoms with Gasteiger partial charge in [-0.1, -0.05) is 61.2 Å². The van der Waals surface area contributed by atoms with Gasteiger partial charge < -0.3 is 4.42 Å². The number of para-hydroxylation sites is 1. The van der Waals surface area contributed by atoms with Crippen molar-refractivity contribution in [3.05, 3.63) is 70.5 Å². The summed E-state index contributed by atoms with van der Waals surface area (Å²) in [6.07, 6.45) is 0.867. The Morgan fingerprint density at radius 2 is 1.84 bits per heavy atom. The van der Waals surface area contributed by atoms with E-state index < -0.39 is 0 Å². The number of hydrogen-bond donors (Lipinski definition) is 0. The number of hydrogen-bond acceptors (Lipinski definition) is 4. The van der Waals surface area contributed by atoms with E-state index in [1.165, 1.54) is 5.56 Å². The van der Waals surface area contributed by atoms with Crippen molar-refractivity contribution in [2.24, 2.45) is 0 Å². The molecule has 126 valence electrons. The highest BCUT2D eigenvalue weighted by molar-refractivity contribution is 7.98. The summed E-state index contributed by atoms with van der Waals surface area (Å²) in [5.41, 5.74) is 2.82. The highest BCUT2D eigenvalue weighted by atomic mass is 32.2. The van der Waals surface area contributed by atoms with E-state index in [0.717, 1.165) is 22.7 Å². The van der Waals surface area contributed by atoms with Gasteiger partial charge in [0.05, 0.1) is 0 Å². The number of rotatable bonds is 5. The first kappa shape index (κ1) is 16.0. The summed E-state index contributed by atoms with van der Waals surface area (Å²) in [7, 11) is 0. The van der Waals surface area contributed by atoms with Crippen molar-refractivity contribution in [2.75, 3.05) is 0 Å². The average Bonchev–Trinajstić information content (AvgIpc) is 3.02. The molecule has 25 heavy (non-hydrogen) atoms. The van der Waals surface area contributed by atoms with Crippen molar-refractivity contribution in [3.63, 3.8) is 0 Å². The van der Waals surface area contributed by atoms with Gasteiger partial charge in [-0.3, -0.25) is 9.36 Å². The molecule has 0 spiro atoms. The fourth-order valence-electron chi connectivity index (χ4n) is 2.91. The summed E-state index contributed by atoms with van der Waals surface area (Å²) in [6, 6.07) is 17.9. The molecule has 4 aromatic rings. The van der Waals surface area contributed by atoms with E-state index in [2.05, 4.69) is 19.1 Å². The molecule has 0 saturated heterocycles. The molecular weight excluding hydrogens is 332 g/mol. The molecule has 4 rings (SSSR count). The van der Waals surface area contributed by atoms with Gasteiger partial charge in [-0.25, -0.2) is 4.98 Å². The van der Waals surface area contributed by atoms with Gasteiger partial charge in [0.25, 0.3) is 5.56 Å². The molecule has 0 amide bonds. The van der Waals surface area contributed by atoms with Crippen LogP contribution in [0, 0.1) is 0 Å². The lowest BCUT2D eigenvalue weighted by Crippen LogP contribution is -2.22. The predicted molar refractivity (Wildman–Crippen MR) is 102 cm³/mol. The number of furan rings is 1. The fraction of sp³-hybridized carbons (Fsp3) is 0.200. The Morgan fingerprint density at radius 3 is 2.64 bits per heavy atom. The SMILES string of the molecule is CCCn1c(SCc2ccccc2)nc2c(oc3ccccc32)c1=O. The molecule has 5 heteroatoms. The van der Waals surface area contributed by atoms with E-state index in [1.54, 1.807) is 16.3 Å². The third-order valence-electron chi connectivity index (χ3n) is 4.10. The monoisotopic (exact) mass is 350 g/mol. The standard InChI is InChI=1S/C20H18N2O2S/c1-2-12-22-19(23)18-17(15-10-6-7-11-16(15)24-18)21-20(22)25-13-14-8-4-3-5-9-14/h3-11H,2,12-13H2,1H3. The molecule has 0 atom stereocenters. The van der Waals surface area contributed by atoms with Gasteiger partial charge in [0.2, 0.25) is 5.58 Å². The van der Waals surface area contributed by atoms with Crippen molar-refractivity contribution >= 4 is 33.8 Å². The van der Waals surface area contributed by atoms with Gasteiger partial charge in [0, 0.05) is 17.7 Å². The quantitative estimate of drug-likeness (QED) is 0.381. The van der Waals surface area contributed by atoms with Crippen LogP contribution in [0.4, 0.5) is 0 Å².